The van der Waals surface area contributed by atoms with Crippen molar-refractivity contribution in [1.29, 1.82) is 0 Å². The van der Waals surface area contributed by atoms with Crippen LogP contribution in [0.25, 0.3) is 141 Å². The van der Waals surface area contributed by atoms with Crippen LogP contribution in [0.4, 0.5) is 0 Å². The van der Waals surface area contributed by atoms with Crippen molar-refractivity contribution in [2.75, 3.05) is 0 Å². The van der Waals surface area contributed by atoms with E-state index >= 15 is 0 Å². The van der Waals surface area contributed by atoms with Gasteiger partial charge in [-0.1, -0.05) is 164 Å². The van der Waals surface area contributed by atoms with E-state index in [1.165, 1.54) is 68.2 Å². The Hall–Kier alpha value is -9.53. The summed E-state index contributed by atoms with van der Waals surface area (Å²) in [5.74, 6) is 0. The number of nitrogens with zero attached hydrogens (tertiary/aromatic N) is 4. The normalized spacial score (nSPS) is 11.1. The van der Waals surface area contributed by atoms with Gasteiger partial charge in [0.15, 0.2) is 5.58 Å². The fraction of sp³-hybridized carbons (Fsp3) is 0. The van der Waals surface area contributed by atoms with Crippen LogP contribution in [0.1, 0.15) is 0 Å². The van der Waals surface area contributed by atoms with Gasteiger partial charge in [-0.2, -0.15) is 0 Å². The van der Waals surface area contributed by atoms with Gasteiger partial charge >= 0.3 is 0 Å². The Kier molecular flexibility index (Phi) is 14.7. The Morgan fingerprint density at radius 3 is 1.54 bits per heavy atom. The minimum atomic E-state index is 0. The Balaban J connectivity index is 0.000000166. The predicted octanol–water partition coefficient (Wildman–Crippen LogP) is 20.5. The summed E-state index contributed by atoms with van der Waals surface area (Å²) in [7, 11) is 0. The van der Waals surface area contributed by atoms with E-state index in [9.17, 15) is 0 Å². The summed E-state index contributed by atoms with van der Waals surface area (Å²) < 4.78 is 11.8. The topological polar surface area (TPSA) is 64.7 Å². The van der Waals surface area contributed by atoms with Gasteiger partial charge in [-0.15, -0.1) is 94.5 Å². The van der Waals surface area contributed by atoms with Gasteiger partial charge in [0.1, 0.15) is 23.1 Å². The third-order valence-corrected chi connectivity index (χ3v) is 17.0. The van der Waals surface area contributed by atoms with Crippen LogP contribution in [0.15, 0.2) is 284 Å². The average molecular weight is 1260 g/mol. The number of thiophene rings is 2. The maximum atomic E-state index is 6.53. The number of fused-ring (bicyclic) bond motifs is 9. The molecule has 6 aromatic heterocycles. The van der Waals surface area contributed by atoms with Gasteiger partial charge in [0.2, 0.25) is 0 Å². The van der Waals surface area contributed by atoms with Crippen molar-refractivity contribution in [2.45, 2.75) is 0 Å². The molecule has 0 spiro atoms. The molecule has 10 aromatic carbocycles. The van der Waals surface area contributed by atoms with E-state index in [2.05, 4.69) is 192 Å². The van der Waals surface area contributed by atoms with E-state index in [0.29, 0.717) is 5.58 Å². The van der Waals surface area contributed by atoms with Crippen LogP contribution in [0.2, 0.25) is 0 Å². The van der Waals surface area contributed by atoms with Crippen molar-refractivity contribution in [3.8, 4) is 78.3 Å². The van der Waals surface area contributed by atoms with Gasteiger partial charge in [-0.3, -0.25) is 0 Å². The Morgan fingerprint density at radius 2 is 0.878 bits per heavy atom. The monoisotopic (exact) mass is 1260 g/mol. The van der Waals surface area contributed by atoms with E-state index in [-0.39, 0.29) is 20.1 Å². The number of aromatic nitrogens is 4. The maximum absolute atomic E-state index is 6.53. The van der Waals surface area contributed by atoms with Crippen molar-refractivity contribution >= 4 is 85.1 Å². The molecule has 0 unspecified atom stereocenters. The van der Waals surface area contributed by atoms with Gasteiger partial charge in [0.25, 0.3) is 0 Å². The zero-order valence-electron chi connectivity index (χ0n) is 43.9. The van der Waals surface area contributed by atoms with Crippen LogP contribution in [0.5, 0.6) is 0 Å². The number of pyridine rings is 2. The minimum absolute atomic E-state index is 0. The van der Waals surface area contributed by atoms with Crippen molar-refractivity contribution in [3.63, 3.8) is 0 Å². The first-order valence-corrected chi connectivity index (χ1v) is 28.4. The molecular weight excluding hydrogens is 1220 g/mol. The summed E-state index contributed by atoms with van der Waals surface area (Å²) >= 11 is 3.71. The van der Waals surface area contributed by atoms with Crippen LogP contribution in [-0.4, -0.2) is 19.9 Å². The molecular formula is C74H46IrN4OS2-2. The molecule has 82 heavy (non-hydrogen) atoms. The molecule has 5 nitrogen and oxygen atoms in total. The first-order chi connectivity index (χ1) is 40.2. The first kappa shape index (κ1) is 51.9. The third kappa shape index (κ3) is 10.3. The van der Waals surface area contributed by atoms with Crippen molar-refractivity contribution in [2.24, 2.45) is 0 Å². The van der Waals surface area contributed by atoms with Crippen LogP contribution in [0, 0.1) is 12.1 Å². The van der Waals surface area contributed by atoms with Crippen molar-refractivity contribution in [3.05, 3.63) is 292 Å². The summed E-state index contributed by atoms with van der Waals surface area (Å²) in [5, 5.41) is 6.19. The molecule has 16 aromatic rings. The van der Waals surface area contributed by atoms with E-state index in [0.717, 1.165) is 66.9 Å². The Bertz CT molecular complexity index is 4800. The fourth-order valence-corrected chi connectivity index (χ4v) is 13.1. The number of rotatable bonds is 7. The zero-order valence-corrected chi connectivity index (χ0v) is 47.9. The molecule has 0 fully saturated rings. The number of hydrogen-bond donors (Lipinski definition) is 0. The number of hydrogen-bond acceptors (Lipinski definition) is 7. The van der Waals surface area contributed by atoms with Gasteiger partial charge in [-0.05, 0) is 104 Å². The van der Waals surface area contributed by atoms with Gasteiger partial charge in [-0.25, -0.2) is 9.97 Å². The van der Waals surface area contributed by atoms with Crippen LogP contribution in [0.3, 0.4) is 0 Å². The molecule has 0 N–H and O–H groups in total. The summed E-state index contributed by atoms with van der Waals surface area (Å²) in [6, 6.07) is 96.8. The smallest absolute Gasteiger partial charge is 0.180 e. The molecule has 6 heterocycles. The molecule has 0 aliphatic heterocycles. The molecule has 0 bridgehead atoms. The predicted molar refractivity (Wildman–Crippen MR) is 339 cm³/mol. The molecule has 0 atom stereocenters. The van der Waals surface area contributed by atoms with Crippen LogP contribution >= 0.6 is 22.7 Å². The molecule has 0 aliphatic carbocycles. The average Bonchev–Trinajstić information content (AvgIpc) is 4.04. The largest absolute Gasteiger partial charge is 0.452 e. The number of benzene rings is 10. The molecule has 0 amide bonds. The summed E-state index contributed by atoms with van der Waals surface area (Å²) in [4.78, 5) is 18.1. The van der Waals surface area contributed by atoms with E-state index < -0.39 is 0 Å². The minimum Gasteiger partial charge on any atom is -0.452 e. The summed E-state index contributed by atoms with van der Waals surface area (Å²) in [6.45, 7) is 0. The van der Waals surface area contributed by atoms with E-state index in [1.54, 1.807) is 12.5 Å². The maximum Gasteiger partial charge on any atom is 0.180 e. The zero-order chi connectivity index (χ0) is 53.9. The molecule has 391 valence electrons. The molecule has 0 aliphatic rings. The van der Waals surface area contributed by atoms with Gasteiger partial charge in [0.05, 0.1) is 0 Å². The fourth-order valence-electron chi connectivity index (χ4n) is 10.6. The first-order valence-electron chi connectivity index (χ1n) is 26.7. The third-order valence-electron chi connectivity index (χ3n) is 14.5. The quantitative estimate of drug-likeness (QED) is 0.149. The van der Waals surface area contributed by atoms with Crippen LogP contribution < -0.4 is 0 Å². The molecule has 1 radical (unpaired) electrons. The van der Waals surface area contributed by atoms with Crippen molar-refractivity contribution in [1.82, 2.24) is 19.9 Å². The molecule has 0 saturated heterocycles. The SMILES string of the molecule is [Ir].[c-]1ccccc1-c1cc(-c2ccccc2)ccn1.[c-]1ccccc1-c1ccccn1.c1cc(-c2ccc3oc4c(-c5cccc(-c6cccc7c6sc6ccccc67)c5)ncnc4c3c2)cc(-c2cccc3c2sc2ccccc23)c1. The molecule has 8 heteroatoms. The second-order valence-electron chi connectivity index (χ2n) is 19.5. The molecule has 0 saturated carbocycles. The molecule has 16 rings (SSSR count). The van der Waals surface area contributed by atoms with Crippen LogP contribution in [-0.2, 0) is 20.1 Å². The van der Waals surface area contributed by atoms with Gasteiger partial charge in [0, 0.05) is 83.8 Å². The van der Waals surface area contributed by atoms with E-state index in [4.69, 9.17) is 14.4 Å². The summed E-state index contributed by atoms with van der Waals surface area (Å²) in [6.07, 6.45) is 5.29. The van der Waals surface area contributed by atoms with Gasteiger partial charge < -0.3 is 14.4 Å². The second-order valence-corrected chi connectivity index (χ2v) is 21.6. The summed E-state index contributed by atoms with van der Waals surface area (Å²) in [5.41, 5.74) is 17.6. The Labute approximate surface area is 495 Å². The number of furan rings is 1. The Morgan fingerprint density at radius 1 is 0.341 bits per heavy atom. The standard InChI is InChI=1S/C46H26N2OS2.C17H12N.C11H8N.Ir/c1-3-19-40-34(13-1)36-17-7-15-32(45(36)50-40)29-10-5-9-27(23-29)28-21-22-39-38(25-28)43-44(49-39)42(47-26-48-43)31-12-6-11-30(24-31)33-16-8-18-37-35-14-2-4-20-41(35)51-46(33)37;1-3-7-14(8-4-1)16-11-12-18-17(13-16)15-9-5-2-6-10-15;1-2-6-10(7-3-1)11-8-4-5-9-12-11;/h1-26H;1-9,11-13H;1-6,8-9H;/q;2*-1;. The van der Waals surface area contributed by atoms with Crippen molar-refractivity contribution < 1.29 is 24.5 Å². The van der Waals surface area contributed by atoms with E-state index in [1.807, 2.05) is 120 Å². The second kappa shape index (κ2) is 23.3.